The molecular formula is C11H21NO4. The van der Waals surface area contributed by atoms with Gasteiger partial charge >= 0.3 is 6.09 Å². The molecule has 1 aliphatic rings. The Morgan fingerprint density at radius 3 is 2.81 bits per heavy atom. The molecule has 1 saturated heterocycles. The molecule has 0 aromatic rings. The third-order valence-electron chi connectivity index (χ3n) is 2.32. The van der Waals surface area contributed by atoms with Crippen LogP contribution in [0.5, 0.6) is 0 Å². The summed E-state index contributed by atoms with van der Waals surface area (Å²) in [4.78, 5) is 13.5. The number of hydrogen-bond donors (Lipinski definition) is 1. The molecule has 1 fully saturated rings. The van der Waals surface area contributed by atoms with E-state index in [9.17, 15) is 4.79 Å². The average molecular weight is 231 g/mol. The highest BCUT2D eigenvalue weighted by atomic mass is 16.6. The summed E-state index contributed by atoms with van der Waals surface area (Å²) in [7, 11) is 0. The molecule has 0 aromatic heterocycles. The molecule has 0 unspecified atom stereocenters. The number of nitrogens with zero attached hydrogens (tertiary/aromatic N) is 1. The summed E-state index contributed by atoms with van der Waals surface area (Å²) in [6.45, 7) is 7.10. The molecule has 1 atom stereocenters. The van der Waals surface area contributed by atoms with Crippen LogP contribution < -0.4 is 0 Å². The van der Waals surface area contributed by atoms with Gasteiger partial charge in [-0.05, 0) is 27.2 Å². The molecule has 16 heavy (non-hydrogen) atoms. The van der Waals surface area contributed by atoms with Crippen molar-refractivity contribution in [3.8, 4) is 0 Å². The van der Waals surface area contributed by atoms with Crippen LogP contribution in [-0.2, 0) is 9.47 Å². The third-order valence-corrected chi connectivity index (χ3v) is 2.32. The van der Waals surface area contributed by atoms with Gasteiger partial charge in [-0.15, -0.1) is 0 Å². The summed E-state index contributed by atoms with van der Waals surface area (Å²) in [6.07, 6.45) is 0.202. The number of carbonyl (C=O) groups is 1. The monoisotopic (exact) mass is 231 g/mol. The lowest BCUT2D eigenvalue weighted by molar-refractivity contribution is -0.0367. The third kappa shape index (κ3) is 3.98. The Morgan fingerprint density at radius 1 is 1.56 bits per heavy atom. The van der Waals surface area contributed by atoms with Crippen molar-refractivity contribution in [2.45, 2.75) is 38.8 Å². The number of rotatable bonds is 2. The molecule has 1 amide bonds. The van der Waals surface area contributed by atoms with E-state index in [0.717, 1.165) is 0 Å². The van der Waals surface area contributed by atoms with Crippen LogP contribution in [0.15, 0.2) is 0 Å². The van der Waals surface area contributed by atoms with Crippen LogP contribution in [0.25, 0.3) is 0 Å². The van der Waals surface area contributed by atoms with Gasteiger partial charge in [0, 0.05) is 13.2 Å². The van der Waals surface area contributed by atoms with Crippen molar-refractivity contribution in [2.75, 3.05) is 26.4 Å². The molecule has 1 heterocycles. The van der Waals surface area contributed by atoms with Crippen molar-refractivity contribution >= 4 is 6.09 Å². The first-order valence-corrected chi connectivity index (χ1v) is 5.62. The molecule has 0 spiro atoms. The highest BCUT2D eigenvalue weighted by Gasteiger charge is 2.30. The summed E-state index contributed by atoms with van der Waals surface area (Å²) in [5.41, 5.74) is -0.487. The minimum absolute atomic E-state index is 0.0489. The summed E-state index contributed by atoms with van der Waals surface area (Å²) < 4.78 is 10.6. The van der Waals surface area contributed by atoms with Gasteiger partial charge in [0.05, 0.1) is 19.3 Å². The standard InChI is InChI=1S/C11H21NO4/c1-11(2,3)16-10(14)12-5-7-15-8-9(12)4-6-13/h9,13H,4-8H2,1-3H3/t9-/m1/s1. The molecule has 5 heteroatoms. The number of ether oxygens (including phenoxy) is 2. The van der Waals surface area contributed by atoms with Crippen molar-refractivity contribution in [1.82, 2.24) is 4.90 Å². The molecule has 0 aromatic carbocycles. The van der Waals surface area contributed by atoms with E-state index >= 15 is 0 Å². The number of aliphatic hydroxyl groups is 1. The molecule has 0 radical (unpaired) electrons. The molecule has 1 rings (SSSR count). The summed E-state index contributed by atoms with van der Waals surface area (Å²) >= 11 is 0. The molecule has 1 aliphatic heterocycles. The van der Waals surface area contributed by atoms with Gasteiger partial charge in [-0.2, -0.15) is 0 Å². The zero-order valence-corrected chi connectivity index (χ0v) is 10.2. The normalized spacial score (nSPS) is 22.0. The summed E-state index contributed by atoms with van der Waals surface area (Å²) in [5.74, 6) is 0. The van der Waals surface area contributed by atoms with E-state index in [1.807, 2.05) is 20.8 Å². The van der Waals surface area contributed by atoms with E-state index in [1.165, 1.54) is 0 Å². The summed E-state index contributed by atoms with van der Waals surface area (Å²) in [6, 6.07) is -0.0754. The second-order valence-electron chi connectivity index (χ2n) is 4.91. The number of hydrogen-bond acceptors (Lipinski definition) is 4. The van der Waals surface area contributed by atoms with Crippen LogP contribution in [0.4, 0.5) is 4.79 Å². The first-order valence-electron chi connectivity index (χ1n) is 5.62. The molecule has 0 aliphatic carbocycles. The number of morpholine rings is 1. The molecule has 5 nitrogen and oxygen atoms in total. The van der Waals surface area contributed by atoms with Crippen molar-refractivity contribution < 1.29 is 19.4 Å². The highest BCUT2D eigenvalue weighted by molar-refractivity contribution is 5.68. The topological polar surface area (TPSA) is 59.0 Å². The predicted molar refractivity (Wildman–Crippen MR) is 59.2 cm³/mol. The SMILES string of the molecule is CC(C)(C)OC(=O)N1CCOC[C@H]1CCO. The Kier molecular flexibility index (Phi) is 4.56. The maximum absolute atomic E-state index is 11.9. The fourth-order valence-electron chi connectivity index (χ4n) is 1.60. The largest absolute Gasteiger partial charge is 0.444 e. The van der Waals surface area contributed by atoms with Crippen LogP contribution >= 0.6 is 0 Å². The van der Waals surface area contributed by atoms with E-state index in [2.05, 4.69) is 0 Å². The van der Waals surface area contributed by atoms with Gasteiger partial charge in [-0.3, -0.25) is 0 Å². The minimum Gasteiger partial charge on any atom is -0.444 e. The zero-order chi connectivity index (χ0) is 12.2. The average Bonchev–Trinajstić information content (AvgIpc) is 2.16. The Balaban J connectivity index is 2.57. The summed E-state index contributed by atoms with van der Waals surface area (Å²) in [5, 5.41) is 8.92. The van der Waals surface area contributed by atoms with E-state index in [0.29, 0.717) is 26.2 Å². The Hall–Kier alpha value is -0.810. The van der Waals surface area contributed by atoms with Crippen molar-refractivity contribution in [1.29, 1.82) is 0 Å². The fourth-order valence-corrected chi connectivity index (χ4v) is 1.60. The highest BCUT2D eigenvalue weighted by Crippen LogP contribution is 2.16. The van der Waals surface area contributed by atoms with E-state index < -0.39 is 5.60 Å². The molecule has 94 valence electrons. The predicted octanol–water partition coefficient (Wildman–Crippen LogP) is 1.00. The number of aliphatic hydroxyl groups excluding tert-OH is 1. The number of amides is 1. The molecule has 1 N–H and O–H groups in total. The van der Waals surface area contributed by atoms with Gasteiger partial charge in [-0.1, -0.05) is 0 Å². The minimum atomic E-state index is -0.487. The lowest BCUT2D eigenvalue weighted by Crippen LogP contribution is -2.50. The zero-order valence-electron chi connectivity index (χ0n) is 10.2. The van der Waals surface area contributed by atoms with E-state index in [-0.39, 0.29) is 18.7 Å². The van der Waals surface area contributed by atoms with Gasteiger partial charge in [0.25, 0.3) is 0 Å². The fraction of sp³-hybridized carbons (Fsp3) is 0.909. The maximum Gasteiger partial charge on any atom is 0.410 e. The van der Waals surface area contributed by atoms with Crippen LogP contribution in [0.3, 0.4) is 0 Å². The molecular weight excluding hydrogens is 210 g/mol. The van der Waals surface area contributed by atoms with Gasteiger partial charge < -0.3 is 19.5 Å². The van der Waals surface area contributed by atoms with Crippen molar-refractivity contribution in [3.05, 3.63) is 0 Å². The second kappa shape index (κ2) is 5.50. The Bertz CT molecular complexity index is 235. The number of carbonyl (C=O) groups excluding carboxylic acids is 1. The molecule has 0 saturated carbocycles. The smallest absolute Gasteiger partial charge is 0.410 e. The van der Waals surface area contributed by atoms with Crippen molar-refractivity contribution in [2.24, 2.45) is 0 Å². The van der Waals surface area contributed by atoms with Crippen LogP contribution in [0.2, 0.25) is 0 Å². The first-order chi connectivity index (χ1) is 7.44. The lowest BCUT2D eigenvalue weighted by Gasteiger charge is -2.36. The van der Waals surface area contributed by atoms with E-state index in [1.54, 1.807) is 4.90 Å². The molecule has 0 bridgehead atoms. The van der Waals surface area contributed by atoms with Gasteiger partial charge in [-0.25, -0.2) is 4.79 Å². The second-order valence-corrected chi connectivity index (χ2v) is 4.91. The Labute approximate surface area is 96.3 Å². The quantitative estimate of drug-likeness (QED) is 0.770. The van der Waals surface area contributed by atoms with Crippen LogP contribution in [0.1, 0.15) is 27.2 Å². The van der Waals surface area contributed by atoms with Crippen LogP contribution in [0, 0.1) is 0 Å². The van der Waals surface area contributed by atoms with Crippen molar-refractivity contribution in [3.63, 3.8) is 0 Å². The first kappa shape index (κ1) is 13.3. The van der Waals surface area contributed by atoms with Gasteiger partial charge in [0.2, 0.25) is 0 Å². The lowest BCUT2D eigenvalue weighted by atomic mass is 10.1. The van der Waals surface area contributed by atoms with Crippen LogP contribution in [-0.4, -0.2) is 54.1 Å². The Morgan fingerprint density at radius 2 is 2.25 bits per heavy atom. The van der Waals surface area contributed by atoms with Gasteiger partial charge in [0.15, 0.2) is 0 Å². The maximum atomic E-state index is 11.9. The van der Waals surface area contributed by atoms with E-state index in [4.69, 9.17) is 14.6 Å². The van der Waals surface area contributed by atoms with Gasteiger partial charge in [0.1, 0.15) is 5.60 Å².